The van der Waals surface area contributed by atoms with Gasteiger partial charge in [0.2, 0.25) is 0 Å². The molecule has 1 unspecified atom stereocenters. The van der Waals surface area contributed by atoms with Crippen molar-refractivity contribution in [2.24, 2.45) is 12.9 Å². The summed E-state index contributed by atoms with van der Waals surface area (Å²) in [4.78, 5) is 2.47. The summed E-state index contributed by atoms with van der Waals surface area (Å²) in [7, 11) is 1.90. The van der Waals surface area contributed by atoms with Crippen LogP contribution in [0, 0.1) is 0 Å². The van der Waals surface area contributed by atoms with E-state index in [1.54, 1.807) is 4.68 Å². The molecule has 0 bridgehead atoms. The Bertz CT molecular complexity index is 391. The molecular weight excluding hydrogens is 320 g/mol. The second-order valence-electron chi connectivity index (χ2n) is 4.97. The van der Waals surface area contributed by atoms with E-state index in [1.807, 2.05) is 7.05 Å². The van der Waals surface area contributed by atoms with E-state index in [9.17, 15) is 0 Å². The lowest BCUT2D eigenvalue weighted by Crippen LogP contribution is -2.57. The first kappa shape index (κ1) is 17.6. The van der Waals surface area contributed by atoms with Crippen LogP contribution in [-0.4, -0.2) is 38.5 Å². The number of halogens is 1. The van der Waals surface area contributed by atoms with Gasteiger partial charge in [-0.15, -0.1) is 5.10 Å². The summed E-state index contributed by atoms with van der Waals surface area (Å²) in [5.41, 5.74) is 3.94. The molecule has 0 amide bonds. The zero-order chi connectivity index (χ0) is 15.3. The van der Waals surface area contributed by atoms with Gasteiger partial charge in [0.05, 0.1) is 11.7 Å². The minimum Gasteiger partial charge on any atom is -0.296 e. The number of nitrogens with zero attached hydrogens (tertiary/aromatic N) is 4. The second kappa shape index (κ2) is 7.49. The molecule has 116 valence electrons. The third kappa shape index (κ3) is 2.90. The van der Waals surface area contributed by atoms with Crippen molar-refractivity contribution in [2.75, 3.05) is 13.1 Å². The molecule has 7 heteroatoms. The van der Waals surface area contributed by atoms with Gasteiger partial charge in [0.1, 0.15) is 0 Å². The number of hydrogen-bond donors (Lipinski definition) is 2. The lowest BCUT2D eigenvalue weighted by atomic mass is 9.81. The predicted molar refractivity (Wildman–Crippen MR) is 85.0 cm³/mol. The summed E-state index contributed by atoms with van der Waals surface area (Å²) in [6, 6.07) is -0.0354. The fourth-order valence-corrected chi connectivity index (χ4v) is 3.83. The van der Waals surface area contributed by atoms with E-state index in [0.29, 0.717) is 0 Å². The summed E-state index contributed by atoms with van der Waals surface area (Å²) in [5.74, 6) is 5.92. The first-order chi connectivity index (χ1) is 9.52. The molecule has 0 aliphatic carbocycles. The Morgan fingerprint density at radius 3 is 2.15 bits per heavy atom. The Kier molecular flexibility index (Phi) is 6.57. The van der Waals surface area contributed by atoms with Crippen molar-refractivity contribution in [1.82, 2.24) is 25.3 Å². The van der Waals surface area contributed by atoms with Crippen LogP contribution in [-0.2, 0) is 7.05 Å². The molecule has 0 aliphatic rings. The van der Waals surface area contributed by atoms with Crippen molar-refractivity contribution in [3.63, 3.8) is 0 Å². The second-order valence-corrected chi connectivity index (χ2v) is 5.72. The van der Waals surface area contributed by atoms with E-state index in [4.69, 9.17) is 5.84 Å². The summed E-state index contributed by atoms with van der Waals surface area (Å²) >= 11 is 3.49. The zero-order valence-corrected chi connectivity index (χ0v) is 14.7. The lowest BCUT2D eigenvalue weighted by molar-refractivity contribution is 0.0456. The Morgan fingerprint density at radius 2 is 1.85 bits per heavy atom. The molecule has 1 heterocycles. The monoisotopic (exact) mass is 346 g/mol. The van der Waals surface area contributed by atoms with Gasteiger partial charge in [0.25, 0.3) is 0 Å². The number of nitrogens with one attached hydrogen (secondary N) is 1. The van der Waals surface area contributed by atoms with Gasteiger partial charge in [-0.25, -0.2) is 10.1 Å². The molecule has 1 rings (SSSR count). The van der Waals surface area contributed by atoms with Gasteiger partial charge >= 0.3 is 0 Å². The maximum Gasteiger partial charge on any atom is 0.153 e. The Balaban J connectivity index is 3.36. The average molecular weight is 347 g/mol. The first-order valence-corrected chi connectivity index (χ1v) is 8.07. The van der Waals surface area contributed by atoms with E-state index >= 15 is 0 Å². The van der Waals surface area contributed by atoms with Crippen molar-refractivity contribution in [3.8, 4) is 0 Å². The third-order valence-electron chi connectivity index (χ3n) is 4.42. The molecule has 1 aromatic rings. The van der Waals surface area contributed by atoms with E-state index in [1.165, 1.54) is 0 Å². The fourth-order valence-electron chi connectivity index (χ4n) is 3.28. The van der Waals surface area contributed by atoms with Crippen LogP contribution in [0.2, 0.25) is 0 Å². The van der Waals surface area contributed by atoms with Crippen LogP contribution in [0.5, 0.6) is 0 Å². The van der Waals surface area contributed by atoms with Crippen LogP contribution in [0.1, 0.15) is 52.3 Å². The number of likely N-dealkylation sites (N-methyl/N-ethyl adjacent to an activating group) is 1. The van der Waals surface area contributed by atoms with E-state index < -0.39 is 0 Å². The summed E-state index contributed by atoms with van der Waals surface area (Å²) in [5, 5.41) is 8.18. The van der Waals surface area contributed by atoms with E-state index in [2.05, 4.69) is 64.3 Å². The molecule has 3 N–H and O–H groups in total. The highest BCUT2D eigenvalue weighted by Gasteiger charge is 2.42. The highest BCUT2D eigenvalue weighted by Crippen LogP contribution is 2.38. The largest absolute Gasteiger partial charge is 0.296 e. The normalized spacial score (nSPS) is 14.0. The molecule has 0 aliphatic heterocycles. The van der Waals surface area contributed by atoms with Crippen LogP contribution >= 0.6 is 15.9 Å². The van der Waals surface area contributed by atoms with Gasteiger partial charge in [-0.3, -0.25) is 10.7 Å². The first-order valence-electron chi connectivity index (χ1n) is 7.28. The quantitative estimate of drug-likeness (QED) is 0.556. The smallest absolute Gasteiger partial charge is 0.153 e. The Hall–Kier alpha value is -0.500. The SMILES string of the molecule is CCN(CC)C(CC)(CC)C(NN)c1c(Br)nnn1C. The van der Waals surface area contributed by atoms with Crippen LogP contribution in [0.4, 0.5) is 0 Å². The average Bonchev–Trinajstić information content (AvgIpc) is 2.79. The van der Waals surface area contributed by atoms with Gasteiger partial charge < -0.3 is 0 Å². The standard InChI is InChI=1S/C13H27BrN6/c1-6-13(7-2,20(8-3)9-4)11(16-15)10-12(14)17-18-19(10)5/h11,16H,6-9,15H2,1-5H3. The van der Waals surface area contributed by atoms with Gasteiger partial charge in [-0.1, -0.05) is 32.9 Å². The van der Waals surface area contributed by atoms with E-state index in [-0.39, 0.29) is 11.6 Å². The fraction of sp³-hybridized carbons (Fsp3) is 0.846. The highest BCUT2D eigenvalue weighted by atomic mass is 79.9. The molecule has 0 radical (unpaired) electrons. The lowest BCUT2D eigenvalue weighted by Gasteiger charge is -2.47. The molecule has 0 aromatic carbocycles. The van der Waals surface area contributed by atoms with Crippen molar-refractivity contribution in [1.29, 1.82) is 0 Å². The van der Waals surface area contributed by atoms with Gasteiger partial charge in [0, 0.05) is 12.6 Å². The molecule has 0 fully saturated rings. The zero-order valence-electron chi connectivity index (χ0n) is 13.1. The molecule has 6 nitrogen and oxygen atoms in total. The van der Waals surface area contributed by atoms with Crippen molar-refractivity contribution in [3.05, 3.63) is 10.3 Å². The van der Waals surface area contributed by atoms with Crippen molar-refractivity contribution in [2.45, 2.75) is 52.1 Å². The molecule has 1 atom stereocenters. The van der Waals surface area contributed by atoms with Gasteiger partial charge in [-0.2, -0.15) is 0 Å². The Morgan fingerprint density at radius 1 is 1.30 bits per heavy atom. The summed E-state index contributed by atoms with van der Waals surface area (Å²) in [6.07, 6.45) is 2.00. The Labute approximate surface area is 130 Å². The molecule has 0 spiro atoms. The molecule has 0 saturated carbocycles. The summed E-state index contributed by atoms with van der Waals surface area (Å²) < 4.78 is 2.54. The van der Waals surface area contributed by atoms with Gasteiger partial charge in [-0.05, 0) is 41.9 Å². The van der Waals surface area contributed by atoms with Crippen molar-refractivity contribution < 1.29 is 0 Å². The highest BCUT2D eigenvalue weighted by molar-refractivity contribution is 9.10. The minimum absolute atomic E-state index is 0.0354. The van der Waals surface area contributed by atoms with Gasteiger partial charge in [0.15, 0.2) is 4.60 Å². The topological polar surface area (TPSA) is 72.0 Å². The number of hydrazine groups is 1. The molecule has 1 aromatic heterocycles. The molecule has 0 saturated heterocycles. The number of hydrogen-bond acceptors (Lipinski definition) is 5. The number of rotatable bonds is 8. The molecular formula is C13H27BrN6. The maximum absolute atomic E-state index is 5.92. The van der Waals surface area contributed by atoms with Crippen LogP contribution in [0.3, 0.4) is 0 Å². The number of aryl methyl sites for hydroxylation is 1. The predicted octanol–water partition coefficient (Wildman–Crippen LogP) is 1.98. The van der Waals surface area contributed by atoms with Crippen LogP contribution in [0.25, 0.3) is 0 Å². The van der Waals surface area contributed by atoms with Crippen LogP contribution in [0.15, 0.2) is 4.60 Å². The maximum atomic E-state index is 5.92. The summed E-state index contributed by atoms with van der Waals surface area (Å²) in [6.45, 7) is 10.8. The van der Waals surface area contributed by atoms with E-state index in [0.717, 1.165) is 36.2 Å². The number of aromatic nitrogens is 3. The van der Waals surface area contributed by atoms with Crippen molar-refractivity contribution >= 4 is 15.9 Å². The molecule has 20 heavy (non-hydrogen) atoms. The minimum atomic E-state index is -0.0593. The number of nitrogens with two attached hydrogens (primary N) is 1. The van der Waals surface area contributed by atoms with Crippen LogP contribution < -0.4 is 11.3 Å². The third-order valence-corrected chi connectivity index (χ3v) is 4.99.